The minimum absolute atomic E-state index is 0.0150. The molecule has 2 aromatic rings. The predicted molar refractivity (Wildman–Crippen MR) is 114 cm³/mol. The molecule has 2 aliphatic rings. The van der Waals surface area contributed by atoms with Crippen molar-refractivity contribution in [2.45, 2.75) is 38.3 Å². The van der Waals surface area contributed by atoms with Crippen molar-refractivity contribution in [3.05, 3.63) is 29.6 Å². The summed E-state index contributed by atoms with van der Waals surface area (Å²) in [5, 5.41) is 8.98. The van der Waals surface area contributed by atoms with Gasteiger partial charge in [-0.2, -0.15) is 0 Å². The van der Waals surface area contributed by atoms with E-state index in [-0.39, 0.29) is 25.7 Å². The number of alkyl halides is 1. The van der Waals surface area contributed by atoms with E-state index >= 15 is 0 Å². The van der Waals surface area contributed by atoms with E-state index in [0.717, 1.165) is 36.3 Å². The number of hydrogen-bond donors (Lipinski definition) is 1. The van der Waals surface area contributed by atoms with Gasteiger partial charge in [0.25, 0.3) is 0 Å². The first kappa shape index (κ1) is 21.4. The first-order chi connectivity index (χ1) is 15.0. The molecule has 8 nitrogen and oxygen atoms in total. The molecule has 1 N–H and O–H groups in total. The van der Waals surface area contributed by atoms with Gasteiger partial charge >= 0.3 is 0 Å². The zero-order valence-corrected chi connectivity index (χ0v) is 17.8. The topological polar surface area (TPSA) is 91.7 Å². The monoisotopic (exact) mass is 429 g/mol. The van der Waals surface area contributed by atoms with Crippen LogP contribution in [0.2, 0.25) is 0 Å². The Hall–Kier alpha value is -2.81. The summed E-state index contributed by atoms with van der Waals surface area (Å²) in [4.78, 5) is 30.2. The second-order valence-electron chi connectivity index (χ2n) is 8.01. The molecule has 2 aromatic heterocycles. The first-order valence-electron chi connectivity index (χ1n) is 10.8. The van der Waals surface area contributed by atoms with Crippen LogP contribution < -0.4 is 9.64 Å². The normalized spacial score (nSPS) is 16.3. The molecule has 9 heteroatoms. The zero-order chi connectivity index (χ0) is 21.8. The Balaban J connectivity index is 1.56. The summed E-state index contributed by atoms with van der Waals surface area (Å²) in [6.45, 7) is 1.24. The van der Waals surface area contributed by atoms with Crippen molar-refractivity contribution in [3.8, 4) is 17.3 Å². The van der Waals surface area contributed by atoms with Gasteiger partial charge in [-0.3, -0.25) is 9.78 Å². The lowest BCUT2D eigenvalue weighted by Gasteiger charge is -2.31. The molecule has 0 radical (unpaired) electrons. The molecule has 0 spiro atoms. The second-order valence-corrected chi connectivity index (χ2v) is 8.01. The number of aliphatic hydroxyl groups excluding tert-OH is 1. The number of carbonyl (C=O) groups excluding carboxylic acids is 1. The van der Waals surface area contributed by atoms with Crippen LogP contribution in [0.5, 0.6) is 5.75 Å². The van der Waals surface area contributed by atoms with E-state index in [1.54, 1.807) is 23.2 Å². The smallest absolute Gasteiger partial charge is 0.242 e. The number of fused-ring (bicyclic) bond motifs is 1. The Bertz CT molecular complexity index is 933. The minimum Gasteiger partial charge on any atom is -0.491 e. The maximum absolute atomic E-state index is 13.4. The van der Waals surface area contributed by atoms with Gasteiger partial charge in [-0.15, -0.1) is 0 Å². The number of rotatable bonds is 7. The Labute approximate surface area is 181 Å². The number of aryl methyl sites for hydroxylation is 1. The Morgan fingerprint density at radius 2 is 2.13 bits per heavy atom. The van der Waals surface area contributed by atoms with Gasteiger partial charge in [-0.25, -0.2) is 14.4 Å². The Morgan fingerprint density at radius 3 is 2.90 bits per heavy atom. The average molecular weight is 429 g/mol. The lowest BCUT2D eigenvalue weighted by molar-refractivity contribution is -0.131. The highest BCUT2D eigenvalue weighted by Gasteiger charge is 2.26. The van der Waals surface area contributed by atoms with E-state index < -0.39 is 6.17 Å². The van der Waals surface area contributed by atoms with Crippen LogP contribution >= 0.6 is 0 Å². The van der Waals surface area contributed by atoms with E-state index in [1.165, 1.54) is 0 Å². The van der Waals surface area contributed by atoms with Gasteiger partial charge in [-0.05, 0) is 38.2 Å². The second kappa shape index (κ2) is 9.55. The molecule has 3 heterocycles. The van der Waals surface area contributed by atoms with E-state index in [0.29, 0.717) is 43.2 Å². The molecule has 0 saturated carbocycles. The minimum atomic E-state index is -0.806. The van der Waals surface area contributed by atoms with Gasteiger partial charge in [-0.1, -0.05) is 0 Å². The van der Waals surface area contributed by atoms with Crippen molar-refractivity contribution in [2.24, 2.45) is 0 Å². The predicted octanol–water partition coefficient (Wildman–Crippen LogP) is 1.80. The summed E-state index contributed by atoms with van der Waals surface area (Å²) in [6.07, 6.45) is 4.37. The van der Waals surface area contributed by atoms with Crippen LogP contribution in [-0.2, 0) is 17.6 Å². The van der Waals surface area contributed by atoms with Crippen LogP contribution in [0.1, 0.15) is 30.5 Å². The van der Waals surface area contributed by atoms with Gasteiger partial charge in [0, 0.05) is 43.7 Å². The molecule has 0 aromatic carbocycles. The highest BCUT2D eigenvalue weighted by atomic mass is 19.1. The molecule has 31 heavy (non-hydrogen) atoms. The van der Waals surface area contributed by atoms with Crippen molar-refractivity contribution in [1.29, 1.82) is 0 Å². The summed E-state index contributed by atoms with van der Waals surface area (Å²) in [5.74, 6) is 1.81. The number of hydrogen-bond acceptors (Lipinski definition) is 7. The van der Waals surface area contributed by atoms with Crippen molar-refractivity contribution < 1.29 is 19.0 Å². The fourth-order valence-electron chi connectivity index (χ4n) is 4.10. The quantitative estimate of drug-likeness (QED) is 0.718. The number of nitrogens with zero attached hydrogens (tertiary/aromatic N) is 5. The molecule has 166 valence electrons. The summed E-state index contributed by atoms with van der Waals surface area (Å²) in [6, 6.07) is 3.47. The van der Waals surface area contributed by atoms with Crippen LogP contribution in [-0.4, -0.2) is 76.9 Å². The van der Waals surface area contributed by atoms with Crippen molar-refractivity contribution >= 4 is 11.7 Å². The summed E-state index contributed by atoms with van der Waals surface area (Å²) < 4.78 is 18.9. The zero-order valence-electron chi connectivity index (χ0n) is 17.8. The molecule has 1 saturated heterocycles. The highest BCUT2D eigenvalue weighted by Crippen LogP contribution is 2.31. The van der Waals surface area contributed by atoms with Crippen molar-refractivity contribution in [1.82, 2.24) is 19.9 Å². The van der Waals surface area contributed by atoms with Gasteiger partial charge in [0.15, 0.2) is 5.82 Å². The maximum atomic E-state index is 13.4. The number of amides is 1. The number of aliphatic hydroxyl groups is 1. The SMILES string of the molecule is CN(CC(=O)N1CCC(F)CC1)c1nc(-c2cc(OCCO)ccn2)nc2c1CCC2. The van der Waals surface area contributed by atoms with E-state index in [9.17, 15) is 9.18 Å². The third-order valence-corrected chi connectivity index (χ3v) is 5.74. The molecule has 1 amide bonds. The third-order valence-electron chi connectivity index (χ3n) is 5.74. The van der Waals surface area contributed by atoms with Crippen LogP contribution in [0, 0.1) is 0 Å². The van der Waals surface area contributed by atoms with Crippen LogP contribution in [0.4, 0.5) is 10.2 Å². The number of likely N-dealkylation sites (N-methyl/N-ethyl adjacent to an activating group) is 1. The Morgan fingerprint density at radius 1 is 1.32 bits per heavy atom. The molecule has 4 rings (SSSR count). The third kappa shape index (κ3) is 4.92. The molecule has 1 aliphatic carbocycles. The number of pyridine rings is 1. The fraction of sp³-hybridized carbons (Fsp3) is 0.545. The summed E-state index contributed by atoms with van der Waals surface area (Å²) in [5.41, 5.74) is 2.64. The number of carbonyl (C=O) groups is 1. The molecule has 0 atom stereocenters. The molecular formula is C22H28FN5O3. The maximum Gasteiger partial charge on any atom is 0.242 e. The van der Waals surface area contributed by atoms with Gasteiger partial charge in [0.05, 0.1) is 13.2 Å². The van der Waals surface area contributed by atoms with E-state index in [2.05, 4.69) is 4.98 Å². The number of ether oxygens (including phenoxy) is 1. The van der Waals surface area contributed by atoms with Gasteiger partial charge in [0.1, 0.15) is 30.0 Å². The summed E-state index contributed by atoms with van der Waals surface area (Å²) >= 11 is 0. The molecule has 0 bridgehead atoms. The fourth-order valence-corrected chi connectivity index (χ4v) is 4.10. The molecule has 0 unspecified atom stereocenters. The summed E-state index contributed by atoms with van der Waals surface area (Å²) in [7, 11) is 1.86. The lowest BCUT2D eigenvalue weighted by atomic mass is 10.1. The Kier molecular flexibility index (Phi) is 6.60. The van der Waals surface area contributed by atoms with E-state index in [1.807, 2.05) is 11.9 Å². The number of likely N-dealkylation sites (tertiary alicyclic amines) is 1. The highest BCUT2D eigenvalue weighted by molar-refractivity contribution is 5.81. The first-order valence-corrected chi connectivity index (χ1v) is 10.8. The van der Waals surface area contributed by atoms with Crippen molar-refractivity contribution in [2.75, 3.05) is 44.8 Å². The van der Waals surface area contributed by atoms with E-state index in [4.69, 9.17) is 19.8 Å². The number of halogens is 1. The largest absolute Gasteiger partial charge is 0.491 e. The molecule has 1 aliphatic heterocycles. The molecule has 1 fully saturated rings. The number of anilines is 1. The van der Waals surface area contributed by atoms with Crippen LogP contribution in [0.15, 0.2) is 18.3 Å². The molecular weight excluding hydrogens is 401 g/mol. The number of aromatic nitrogens is 3. The van der Waals surface area contributed by atoms with Gasteiger partial charge < -0.3 is 19.6 Å². The number of piperidine rings is 1. The standard InChI is InChI=1S/C22H28FN5O3/c1-27(14-20(30)28-9-6-15(23)7-10-28)22-17-3-2-4-18(17)25-21(26-22)19-13-16(5-8-24-19)31-12-11-29/h5,8,13,15,29H,2-4,6-7,9-12,14H2,1H3. The lowest BCUT2D eigenvalue weighted by Crippen LogP contribution is -2.44. The van der Waals surface area contributed by atoms with Crippen LogP contribution in [0.3, 0.4) is 0 Å². The average Bonchev–Trinajstić information content (AvgIpc) is 3.26. The van der Waals surface area contributed by atoms with Crippen LogP contribution in [0.25, 0.3) is 11.5 Å². The van der Waals surface area contributed by atoms with Crippen molar-refractivity contribution in [3.63, 3.8) is 0 Å². The van der Waals surface area contributed by atoms with Gasteiger partial charge in [0.2, 0.25) is 5.91 Å².